The van der Waals surface area contributed by atoms with Crippen LogP contribution in [0.4, 0.5) is 5.69 Å². The summed E-state index contributed by atoms with van der Waals surface area (Å²) in [5.74, 6) is -0.0258. The van der Waals surface area contributed by atoms with Crippen molar-refractivity contribution >= 4 is 17.6 Å². The molecule has 0 radical (unpaired) electrons. The van der Waals surface area contributed by atoms with Gasteiger partial charge in [0.1, 0.15) is 5.75 Å². The zero-order valence-electron chi connectivity index (χ0n) is 14.8. The summed E-state index contributed by atoms with van der Waals surface area (Å²) in [6.07, 6.45) is 0.693. The van der Waals surface area contributed by atoms with Gasteiger partial charge in [0.05, 0.1) is 7.11 Å². The van der Waals surface area contributed by atoms with Gasteiger partial charge >= 0.3 is 5.97 Å². The Bertz CT molecular complexity index is 755. The number of methoxy groups -OCH3 is 1. The second kappa shape index (κ2) is 8.87. The minimum atomic E-state index is -0.415. The third-order valence-electron chi connectivity index (χ3n) is 3.81. The lowest BCUT2D eigenvalue weighted by molar-refractivity contribution is -0.147. The molecule has 1 N–H and O–H groups in total. The molecule has 0 aliphatic heterocycles. The third kappa shape index (κ3) is 5.64. The summed E-state index contributed by atoms with van der Waals surface area (Å²) in [4.78, 5) is 23.8. The fourth-order valence-corrected chi connectivity index (χ4v) is 2.50. The van der Waals surface area contributed by atoms with Crippen LogP contribution < -0.4 is 10.1 Å². The number of para-hydroxylation sites is 1. The van der Waals surface area contributed by atoms with Crippen LogP contribution in [0.3, 0.4) is 0 Å². The molecule has 5 heteroatoms. The number of carbonyl (C=O) groups excluding carboxylic acids is 2. The van der Waals surface area contributed by atoms with Gasteiger partial charge in [-0.25, -0.2) is 0 Å². The van der Waals surface area contributed by atoms with E-state index in [1.165, 1.54) is 0 Å². The Morgan fingerprint density at radius 2 is 1.84 bits per heavy atom. The molecule has 2 rings (SSSR count). The van der Waals surface area contributed by atoms with Crippen molar-refractivity contribution in [1.82, 2.24) is 0 Å². The predicted octanol–water partition coefficient (Wildman–Crippen LogP) is 3.43. The van der Waals surface area contributed by atoms with Crippen LogP contribution in [0.25, 0.3) is 0 Å². The van der Waals surface area contributed by atoms with Gasteiger partial charge in [-0.15, -0.1) is 0 Å². The molecule has 0 aliphatic carbocycles. The van der Waals surface area contributed by atoms with Gasteiger partial charge < -0.3 is 14.8 Å². The zero-order chi connectivity index (χ0) is 18.2. The van der Waals surface area contributed by atoms with Crippen LogP contribution in [0, 0.1) is 13.8 Å². The second-order valence-corrected chi connectivity index (χ2v) is 5.84. The molecule has 0 fully saturated rings. The van der Waals surface area contributed by atoms with E-state index in [0.717, 1.165) is 28.1 Å². The highest BCUT2D eigenvalue weighted by Gasteiger charge is 2.11. The minimum absolute atomic E-state index is 0.192. The van der Waals surface area contributed by atoms with Crippen LogP contribution in [0.1, 0.15) is 23.1 Å². The van der Waals surface area contributed by atoms with E-state index in [1.807, 2.05) is 56.3 Å². The number of aryl methyl sites for hydroxylation is 3. The van der Waals surface area contributed by atoms with Crippen molar-refractivity contribution in [1.29, 1.82) is 0 Å². The minimum Gasteiger partial charge on any atom is -0.496 e. The van der Waals surface area contributed by atoms with Crippen molar-refractivity contribution in [3.05, 3.63) is 59.2 Å². The van der Waals surface area contributed by atoms with Gasteiger partial charge in [0.15, 0.2) is 6.61 Å². The standard InChI is InChI=1S/C20H23NO4/c1-14-8-10-17(15(2)12-14)21-19(22)13-25-20(23)11-9-16-6-4-5-7-18(16)24-3/h4-8,10,12H,9,11,13H2,1-3H3,(H,21,22). The van der Waals surface area contributed by atoms with E-state index >= 15 is 0 Å². The first-order valence-corrected chi connectivity index (χ1v) is 8.14. The summed E-state index contributed by atoms with van der Waals surface area (Å²) in [7, 11) is 1.59. The Balaban J connectivity index is 1.78. The lowest BCUT2D eigenvalue weighted by Gasteiger charge is -2.10. The Kier molecular flexibility index (Phi) is 6.57. The molecule has 2 aromatic rings. The van der Waals surface area contributed by atoms with Gasteiger partial charge in [-0.1, -0.05) is 35.9 Å². The second-order valence-electron chi connectivity index (χ2n) is 5.84. The topological polar surface area (TPSA) is 64.6 Å². The Labute approximate surface area is 148 Å². The Hall–Kier alpha value is -2.82. The Morgan fingerprint density at radius 3 is 2.56 bits per heavy atom. The molecule has 132 valence electrons. The molecule has 0 saturated carbocycles. The molecule has 0 unspecified atom stereocenters. The molecule has 0 aromatic heterocycles. The van der Waals surface area contributed by atoms with Crippen LogP contribution in [-0.2, 0) is 20.7 Å². The molecule has 0 atom stereocenters. The summed E-state index contributed by atoms with van der Waals surface area (Å²) >= 11 is 0. The van der Waals surface area contributed by atoms with Crippen LogP contribution in [0.15, 0.2) is 42.5 Å². The van der Waals surface area contributed by atoms with Crippen molar-refractivity contribution in [2.45, 2.75) is 26.7 Å². The van der Waals surface area contributed by atoms with E-state index in [1.54, 1.807) is 7.11 Å². The van der Waals surface area contributed by atoms with Crippen molar-refractivity contribution in [3.8, 4) is 5.75 Å². The number of benzene rings is 2. The summed E-state index contributed by atoms with van der Waals surface area (Å²) in [5, 5.41) is 2.75. The molecule has 0 aliphatic rings. The van der Waals surface area contributed by atoms with Crippen molar-refractivity contribution in [2.75, 3.05) is 19.0 Å². The Morgan fingerprint density at radius 1 is 1.08 bits per heavy atom. The first-order chi connectivity index (χ1) is 12.0. The molecule has 0 saturated heterocycles. The largest absolute Gasteiger partial charge is 0.496 e. The van der Waals surface area contributed by atoms with Crippen LogP contribution in [-0.4, -0.2) is 25.6 Å². The molecule has 5 nitrogen and oxygen atoms in total. The van der Waals surface area contributed by atoms with Gasteiger partial charge in [0.25, 0.3) is 5.91 Å². The van der Waals surface area contributed by atoms with Gasteiger partial charge in [0.2, 0.25) is 0 Å². The summed E-state index contributed by atoms with van der Waals surface area (Å²) in [6, 6.07) is 13.2. The van der Waals surface area contributed by atoms with E-state index in [4.69, 9.17) is 9.47 Å². The van der Waals surface area contributed by atoms with Crippen molar-refractivity contribution in [2.24, 2.45) is 0 Å². The number of nitrogens with one attached hydrogen (secondary N) is 1. The van der Waals surface area contributed by atoms with E-state index in [2.05, 4.69) is 5.32 Å². The molecular weight excluding hydrogens is 318 g/mol. The van der Waals surface area contributed by atoms with E-state index in [9.17, 15) is 9.59 Å². The van der Waals surface area contributed by atoms with Gasteiger partial charge in [-0.05, 0) is 43.5 Å². The quantitative estimate of drug-likeness (QED) is 0.784. The third-order valence-corrected chi connectivity index (χ3v) is 3.81. The maximum absolute atomic E-state index is 11.9. The van der Waals surface area contributed by atoms with Crippen LogP contribution in [0.2, 0.25) is 0 Å². The molecule has 0 spiro atoms. The molecule has 25 heavy (non-hydrogen) atoms. The van der Waals surface area contributed by atoms with E-state index in [0.29, 0.717) is 6.42 Å². The zero-order valence-corrected chi connectivity index (χ0v) is 14.8. The van der Waals surface area contributed by atoms with Gasteiger partial charge in [0, 0.05) is 12.1 Å². The predicted molar refractivity (Wildman–Crippen MR) is 96.8 cm³/mol. The maximum atomic E-state index is 11.9. The fourth-order valence-electron chi connectivity index (χ4n) is 2.50. The number of carbonyl (C=O) groups is 2. The molecule has 0 bridgehead atoms. The van der Waals surface area contributed by atoms with Gasteiger partial charge in [-0.3, -0.25) is 9.59 Å². The maximum Gasteiger partial charge on any atom is 0.306 e. The SMILES string of the molecule is COc1ccccc1CCC(=O)OCC(=O)Nc1ccc(C)cc1C. The van der Waals surface area contributed by atoms with Crippen LogP contribution >= 0.6 is 0 Å². The summed E-state index contributed by atoms with van der Waals surface area (Å²) in [6.45, 7) is 3.61. The highest BCUT2D eigenvalue weighted by Crippen LogP contribution is 2.19. The number of anilines is 1. The number of ether oxygens (including phenoxy) is 2. The highest BCUT2D eigenvalue weighted by atomic mass is 16.5. The number of hydrogen-bond acceptors (Lipinski definition) is 4. The molecule has 1 amide bonds. The first-order valence-electron chi connectivity index (χ1n) is 8.14. The van der Waals surface area contributed by atoms with Crippen LogP contribution in [0.5, 0.6) is 5.75 Å². The average molecular weight is 341 g/mol. The van der Waals surface area contributed by atoms with E-state index < -0.39 is 5.97 Å². The summed E-state index contributed by atoms with van der Waals surface area (Å²) in [5.41, 5.74) is 3.75. The average Bonchev–Trinajstić information content (AvgIpc) is 2.60. The normalized spacial score (nSPS) is 10.2. The highest BCUT2D eigenvalue weighted by molar-refractivity contribution is 5.93. The molecular formula is C20H23NO4. The summed E-state index contributed by atoms with van der Waals surface area (Å²) < 4.78 is 10.3. The van der Waals surface area contributed by atoms with E-state index in [-0.39, 0.29) is 18.9 Å². The molecule has 2 aromatic carbocycles. The number of rotatable bonds is 7. The monoisotopic (exact) mass is 341 g/mol. The molecule has 0 heterocycles. The van der Waals surface area contributed by atoms with Gasteiger partial charge in [-0.2, -0.15) is 0 Å². The number of esters is 1. The fraction of sp³-hybridized carbons (Fsp3) is 0.300. The lowest BCUT2D eigenvalue weighted by atomic mass is 10.1. The number of amides is 1. The van der Waals surface area contributed by atoms with Crippen molar-refractivity contribution in [3.63, 3.8) is 0 Å². The number of hydrogen-bond donors (Lipinski definition) is 1. The first kappa shape index (κ1) is 18.5. The smallest absolute Gasteiger partial charge is 0.306 e. The lowest BCUT2D eigenvalue weighted by Crippen LogP contribution is -2.21. The van der Waals surface area contributed by atoms with Crippen molar-refractivity contribution < 1.29 is 19.1 Å².